The van der Waals surface area contributed by atoms with Crippen LogP contribution in [-0.4, -0.2) is 52.9 Å². The predicted octanol–water partition coefficient (Wildman–Crippen LogP) is 4.29. The summed E-state index contributed by atoms with van der Waals surface area (Å²) >= 11 is 0. The maximum Gasteiger partial charge on any atom is 0.126 e. The first-order valence-corrected chi connectivity index (χ1v) is 10.1. The van der Waals surface area contributed by atoms with Gasteiger partial charge in [-0.15, -0.1) is 0 Å². The second-order valence-electron chi connectivity index (χ2n) is 6.95. The zero-order valence-electron chi connectivity index (χ0n) is 17.3. The quantitative estimate of drug-likeness (QED) is 0.662. The Morgan fingerprint density at radius 1 is 0.517 bits per heavy atom. The minimum atomic E-state index is 0.492. The van der Waals surface area contributed by atoms with Gasteiger partial charge in [-0.1, -0.05) is 36.4 Å². The zero-order valence-corrected chi connectivity index (χ0v) is 17.3. The smallest absolute Gasteiger partial charge is 0.126 e. The summed E-state index contributed by atoms with van der Waals surface area (Å²) in [5, 5.41) is 0. The number of fused-ring (bicyclic) bond motifs is 2. The molecule has 1 aliphatic rings. The Bertz CT molecular complexity index is 734. The lowest BCUT2D eigenvalue weighted by Crippen LogP contribution is -2.14. The van der Waals surface area contributed by atoms with Crippen molar-refractivity contribution in [2.45, 2.75) is 13.8 Å². The van der Waals surface area contributed by atoms with Crippen LogP contribution in [0.3, 0.4) is 0 Å². The van der Waals surface area contributed by atoms with Gasteiger partial charge in [0.25, 0.3) is 0 Å². The summed E-state index contributed by atoms with van der Waals surface area (Å²) in [7, 11) is 0. The Morgan fingerprint density at radius 2 is 0.897 bits per heavy atom. The molecule has 3 rings (SSSR count). The van der Waals surface area contributed by atoms with Crippen LogP contribution < -0.4 is 9.47 Å². The molecule has 1 heterocycles. The second kappa shape index (κ2) is 11.6. The fourth-order valence-electron chi connectivity index (χ4n) is 2.95. The zero-order chi connectivity index (χ0) is 20.3. The maximum atomic E-state index is 5.97. The molecule has 1 aliphatic heterocycles. The molecule has 2 aromatic carbocycles. The molecule has 5 nitrogen and oxygen atoms in total. The standard InChI is InChI=1S/C24H30O5/c1-19-3-5-21-7-8-22-6-4-20(2)18-24(22)29-16-14-27-12-10-25-9-11-26-13-15-28-23(21)17-19/h3-8,17-18H,9-16H2,1-2H3/b8-7+. The van der Waals surface area contributed by atoms with Crippen LogP contribution in [-0.2, 0) is 14.2 Å². The van der Waals surface area contributed by atoms with Gasteiger partial charge in [0.1, 0.15) is 24.7 Å². The van der Waals surface area contributed by atoms with Gasteiger partial charge in [0.05, 0.1) is 39.6 Å². The number of hydrogen-bond donors (Lipinski definition) is 0. The number of ether oxygens (including phenoxy) is 5. The van der Waals surface area contributed by atoms with E-state index < -0.39 is 0 Å². The lowest BCUT2D eigenvalue weighted by atomic mass is 10.1. The third kappa shape index (κ3) is 7.20. The second-order valence-corrected chi connectivity index (χ2v) is 6.95. The minimum Gasteiger partial charge on any atom is -0.491 e. The summed E-state index contributed by atoms with van der Waals surface area (Å²) < 4.78 is 28.6. The molecule has 0 spiro atoms. The molecular weight excluding hydrogens is 368 g/mol. The lowest BCUT2D eigenvalue weighted by Gasteiger charge is -2.12. The van der Waals surface area contributed by atoms with E-state index in [0.717, 1.165) is 33.8 Å². The fourth-order valence-corrected chi connectivity index (χ4v) is 2.95. The van der Waals surface area contributed by atoms with Crippen molar-refractivity contribution in [2.75, 3.05) is 52.9 Å². The van der Waals surface area contributed by atoms with Crippen LogP contribution in [0, 0.1) is 13.8 Å². The summed E-state index contributed by atoms with van der Waals surface area (Å²) in [6.45, 7) is 8.32. The van der Waals surface area contributed by atoms with Crippen LogP contribution in [0.2, 0.25) is 0 Å². The highest BCUT2D eigenvalue weighted by Crippen LogP contribution is 2.26. The molecule has 2 aromatic rings. The molecule has 0 saturated heterocycles. The van der Waals surface area contributed by atoms with Gasteiger partial charge in [0, 0.05) is 11.1 Å². The van der Waals surface area contributed by atoms with Crippen molar-refractivity contribution >= 4 is 12.2 Å². The molecule has 0 fully saturated rings. The third-order valence-corrected chi connectivity index (χ3v) is 4.50. The summed E-state index contributed by atoms with van der Waals surface area (Å²) in [6.07, 6.45) is 4.12. The highest BCUT2D eigenvalue weighted by atomic mass is 16.6. The number of rotatable bonds is 0. The fraction of sp³-hybridized carbons (Fsp3) is 0.417. The van der Waals surface area contributed by atoms with Crippen molar-refractivity contribution in [1.29, 1.82) is 0 Å². The summed E-state index contributed by atoms with van der Waals surface area (Å²) in [4.78, 5) is 0. The van der Waals surface area contributed by atoms with E-state index >= 15 is 0 Å². The van der Waals surface area contributed by atoms with Crippen LogP contribution in [0.15, 0.2) is 36.4 Å². The molecule has 29 heavy (non-hydrogen) atoms. The first-order valence-electron chi connectivity index (χ1n) is 10.1. The van der Waals surface area contributed by atoms with E-state index in [-0.39, 0.29) is 0 Å². The molecule has 0 atom stereocenters. The number of aryl methyl sites for hydroxylation is 2. The minimum absolute atomic E-state index is 0.492. The Balaban J connectivity index is 1.79. The highest BCUT2D eigenvalue weighted by Gasteiger charge is 2.05. The van der Waals surface area contributed by atoms with Crippen molar-refractivity contribution in [2.24, 2.45) is 0 Å². The summed E-state index contributed by atoms with van der Waals surface area (Å²) in [6, 6.07) is 12.4. The average molecular weight is 398 g/mol. The van der Waals surface area contributed by atoms with Gasteiger partial charge < -0.3 is 23.7 Å². The van der Waals surface area contributed by atoms with E-state index in [9.17, 15) is 0 Å². The van der Waals surface area contributed by atoms with E-state index in [1.165, 1.54) is 0 Å². The van der Waals surface area contributed by atoms with E-state index in [1.54, 1.807) is 0 Å². The van der Waals surface area contributed by atoms with Crippen LogP contribution in [0.1, 0.15) is 22.3 Å². The molecule has 0 N–H and O–H groups in total. The third-order valence-electron chi connectivity index (χ3n) is 4.50. The van der Waals surface area contributed by atoms with Gasteiger partial charge in [-0.05, 0) is 37.1 Å². The first-order chi connectivity index (χ1) is 14.2. The SMILES string of the molecule is Cc1ccc2c(c1)OCCOCCOCCOCCOc1cc(C)ccc1/C=C/2. The molecule has 0 aromatic heterocycles. The molecule has 0 unspecified atom stereocenters. The Hall–Kier alpha value is -2.34. The van der Waals surface area contributed by atoms with Gasteiger partial charge >= 0.3 is 0 Å². The molecule has 156 valence electrons. The van der Waals surface area contributed by atoms with E-state index in [2.05, 4.69) is 62.4 Å². The number of benzene rings is 2. The van der Waals surface area contributed by atoms with Crippen LogP contribution >= 0.6 is 0 Å². The van der Waals surface area contributed by atoms with Gasteiger partial charge in [-0.3, -0.25) is 0 Å². The average Bonchev–Trinajstić information content (AvgIpc) is 2.71. The van der Waals surface area contributed by atoms with Gasteiger partial charge in [-0.25, -0.2) is 0 Å². The van der Waals surface area contributed by atoms with Gasteiger partial charge in [0.15, 0.2) is 0 Å². The first kappa shape index (κ1) is 21.4. The molecule has 5 heteroatoms. The Labute approximate surface area is 173 Å². The monoisotopic (exact) mass is 398 g/mol. The number of hydrogen-bond acceptors (Lipinski definition) is 5. The molecule has 0 amide bonds. The van der Waals surface area contributed by atoms with Crippen molar-refractivity contribution in [3.05, 3.63) is 58.7 Å². The molecule has 0 saturated carbocycles. The van der Waals surface area contributed by atoms with Crippen molar-refractivity contribution < 1.29 is 23.7 Å². The Morgan fingerprint density at radius 3 is 1.31 bits per heavy atom. The van der Waals surface area contributed by atoms with Crippen molar-refractivity contribution in [3.63, 3.8) is 0 Å². The molecule has 0 aliphatic carbocycles. The van der Waals surface area contributed by atoms with Crippen LogP contribution in [0.5, 0.6) is 11.5 Å². The molecule has 0 bridgehead atoms. The largest absolute Gasteiger partial charge is 0.491 e. The topological polar surface area (TPSA) is 46.2 Å². The lowest BCUT2D eigenvalue weighted by molar-refractivity contribution is 0.00498. The van der Waals surface area contributed by atoms with E-state index in [0.29, 0.717) is 52.9 Å². The molecular formula is C24H30O5. The van der Waals surface area contributed by atoms with E-state index in [4.69, 9.17) is 23.7 Å². The molecule has 0 radical (unpaired) electrons. The van der Waals surface area contributed by atoms with Crippen LogP contribution in [0.4, 0.5) is 0 Å². The summed E-state index contributed by atoms with van der Waals surface area (Å²) in [5.41, 5.74) is 4.35. The Kier molecular flexibility index (Phi) is 8.56. The van der Waals surface area contributed by atoms with E-state index in [1.807, 2.05) is 0 Å². The summed E-state index contributed by atoms with van der Waals surface area (Å²) in [5.74, 6) is 1.70. The predicted molar refractivity (Wildman–Crippen MR) is 115 cm³/mol. The van der Waals surface area contributed by atoms with Gasteiger partial charge in [-0.2, -0.15) is 0 Å². The normalized spacial score (nSPS) is 18.0. The van der Waals surface area contributed by atoms with Crippen molar-refractivity contribution in [3.8, 4) is 11.5 Å². The van der Waals surface area contributed by atoms with Crippen LogP contribution in [0.25, 0.3) is 12.2 Å². The maximum absolute atomic E-state index is 5.97. The van der Waals surface area contributed by atoms with Gasteiger partial charge in [0.2, 0.25) is 0 Å². The van der Waals surface area contributed by atoms with Crippen molar-refractivity contribution in [1.82, 2.24) is 0 Å². The highest BCUT2D eigenvalue weighted by molar-refractivity contribution is 5.75.